The van der Waals surface area contributed by atoms with Crippen LogP contribution in [0.5, 0.6) is 0 Å². The predicted molar refractivity (Wildman–Crippen MR) is 54.2 cm³/mol. The summed E-state index contributed by atoms with van der Waals surface area (Å²) in [5, 5.41) is 0.637. The summed E-state index contributed by atoms with van der Waals surface area (Å²) < 4.78 is 0.833. The molecular weight excluding hydrogens is 274 g/mol. The van der Waals surface area contributed by atoms with E-state index in [-0.39, 0.29) is 5.78 Å². The number of rotatable bonds is 1. The van der Waals surface area contributed by atoms with Gasteiger partial charge in [0.1, 0.15) is 0 Å². The molecule has 0 N–H and O–H groups in total. The molecule has 0 aliphatic rings. The molecule has 0 heterocycles. The largest absolute Gasteiger partial charge is 0.294 e. The predicted octanol–water partition coefficient (Wildman–Crippen LogP) is 3.15. The number of carbonyl (C=O) groups excluding carboxylic acids is 1. The molecule has 0 saturated carbocycles. The fourth-order valence-electron chi connectivity index (χ4n) is 0.776. The average Bonchev–Trinajstić information content (AvgIpc) is 1.94. The van der Waals surface area contributed by atoms with Crippen LogP contribution >= 0.6 is 34.2 Å². The molecule has 0 atom stereocenters. The van der Waals surface area contributed by atoms with Gasteiger partial charge in [-0.1, -0.05) is 23.7 Å². The molecule has 1 aromatic rings. The zero-order valence-corrected chi connectivity index (χ0v) is 8.81. The molecule has 0 unspecified atom stereocenters. The Kier molecular flexibility index (Phi) is 2.90. The molecule has 11 heavy (non-hydrogen) atoms. The molecular formula is C8H6ClIO. The molecule has 1 nitrogen and oxygen atoms in total. The van der Waals surface area contributed by atoms with Gasteiger partial charge in [0.2, 0.25) is 0 Å². The molecule has 1 aromatic carbocycles. The molecule has 0 bridgehead atoms. The summed E-state index contributed by atoms with van der Waals surface area (Å²) in [6.07, 6.45) is 0. The Balaban J connectivity index is 3.27. The summed E-state index contributed by atoms with van der Waals surface area (Å²) in [4.78, 5) is 11.0. The van der Waals surface area contributed by atoms with Crippen molar-refractivity contribution in [1.82, 2.24) is 0 Å². The number of Topliss-reactive ketones (excluding diaryl/α,β-unsaturated/α-hetero) is 1. The molecule has 0 fully saturated rings. The van der Waals surface area contributed by atoms with Crippen LogP contribution < -0.4 is 0 Å². The summed E-state index contributed by atoms with van der Waals surface area (Å²) >= 11 is 7.87. The fourth-order valence-corrected chi connectivity index (χ4v) is 1.69. The smallest absolute Gasteiger partial charge is 0.160 e. The highest BCUT2D eigenvalue weighted by Crippen LogP contribution is 2.21. The van der Waals surface area contributed by atoms with Crippen molar-refractivity contribution in [3.63, 3.8) is 0 Å². The SMILES string of the molecule is CC(=O)c1cccc(Cl)c1I. The van der Waals surface area contributed by atoms with Crippen LogP contribution in [0.2, 0.25) is 5.02 Å². The van der Waals surface area contributed by atoms with E-state index in [4.69, 9.17) is 11.6 Å². The van der Waals surface area contributed by atoms with Gasteiger partial charge in [-0.25, -0.2) is 0 Å². The zero-order valence-electron chi connectivity index (χ0n) is 5.90. The van der Waals surface area contributed by atoms with Crippen molar-refractivity contribution < 1.29 is 4.79 Å². The lowest BCUT2D eigenvalue weighted by Gasteiger charge is -2.00. The van der Waals surface area contributed by atoms with Crippen LogP contribution in [-0.4, -0.2) is 5.78 Å². The maximum atomic E-state index is 11.0. The van der Waals surface area contributed by atoms with Crippen LogP contribution in [0, 0.1) is 3.57 Å². The minimum atomic E-state index is 0.0527. The Morgan fingerprint density at radius 2 is 2.18 bits per heavy atom. The Morgan fingerprint density at radius 1 is 1.55 bits per heavy atom. The van der Waals surface area contributed by atoms with Crippen molar-refractivity contribution in [3.05, 3.63) is 32.4 Å². The third-order valence-corrected chi connectivity index (χ3v) is 3.13. The zero-order chi connectivity index (χ0) is 8.43. The Morgan fingerprint density at radius 3 is 2.64 bits per heavy atom. The molecule has 0 saturated heterocycles. The molecule has 0 amide bonds. The van der Waals surface area contributed by atoms with E-state index >= 15 is 0 Å². The van der Waals surface area contributed by atoms with Crippen molar-refractivity contribution in [2.24, 2.45) is 0 Å². The molecule has 0 spiro atoms. The number of benzene rings is 1. The van der Waals surface area contributed by atoms with Crippen molar-refractivity contribution in [3.8, 4) is 0 Å². The van der Waals surface area contributed by atoms with Gasteiger partial charge in [-0.2, -0.15) is 0 Å². The number of ketones is 1. The minimum absolute atomic E-state index is 0.0527. The monoisotopic (exact) mass is 280 g/mol. The van der Waals surface area contributed by atoms with E-state index in [1.807, 2.05) is 0 Å². The van der Waals surface area contributed by atoms with Gasteiger partial charge in [0, 0.05) is 9.13 Å². The van der Waals surface area contributed by atoms with Crippen LogP contribution in [0.15, 0.2) is 18.2 Å². The lowest BCUT2D eigenvalue weighted by Crippen LogP contribution is -1.95. The number of hydrogen-bond acceptors (Lipinski definition) is 1. The van der Waals surface area contributed by atoms with Gasteiger partial charge in [-0.05, 0) is 35.6 Å². The van der Waals surface area contributed by atoms with Gasteiger partial charge in [0.05, 0.1) is 5.02 Å². The summed E-state index contributed by atoms with van der Waals surface area (Å²) in [7, 11) is 0. The van der Waals surface area contributed by atoms with E-state index in [0.717, 1.165) is 3.57 Å². The van der Waals surface area contributed by atoms with Gasteiger partial charge in [-0.3, -0.25) is 4.79 Å². The third-order valence-electron chi connectivity index (χ3n) is 1.33. The minimum Gasteiger partial charge on any atom is -0.294 e. The quantitative estimate of drug-likeness (QED) is 0.570. The second-order valence-electron chi connectivity index (χ2n) is 2.16. The Bertz CT molecular complexity index is 296. The van der Waals surface area contributed by atoms with Gasteiger partial charge in [0.25, 0.3) is 0 Å². The van der Waals surface area contributed by atoms with Crippen LogP contribution in [0.3, 0.4) is 0 Å². The summed E-state index contributed by atoms with van der Waals surface area (Å²) in [6.45, 7) is 1.54. The topological polar surface area (TPSA) is 17.1 Å². The lowest BCUT2D eigenvalue weighted by molar-refractivity contribution is 0.101. The Labute approximate surface area is 83.9 Å². The molecule has 0 aliphatic carbocycles. The molecule has 0 radical (unpaired) electrons. The molecule has 58 valence electrons. The van der Waals surface area contributed by atoms with Crippen LogP contribution in [-0.2, 0) is 0 Å². The molecule has 1 rings (SSSR count). The summed E-state index contributed by atoms with van der Waals surface area (Å²) in [5.41, 5.74) is 0.693. The second kappa shape index (κ2) is 3.54. The first kappa shape index (κ1) is 9.00. The normalized spacial score (nSPS) is 9.73. The van der Waals surface area contributed by atoms with E-state index in [9.17, 15) is 4.79 Å². The highest BCUT2D eigenvalue weighted by Gasteiger charge is 2.06. The standard InChI is InChI=1S/C8H6ClIO/c1-5(11)6-3-2-4-7(9)8(6)10/h2-4H,1H3. The lowest BCUT2D eigenvalue weighted by atomic mass is 10.2. The molecule has 0 aliphatic heterocycles. The Hall–Kier alpha value is -0.0900. The van der Waals surface area contributed by atoms with Gasteiger partial charge >= 0.3 is 0 Å². The first-order valence-corrected chi connectivity index (χ1v) is 4.53. The number of halogens is 2. The van der Waals surface area contributed by atoms with Gasteiger partial charge in [0.15, 0.2) is 5.78 Å². The second-order valence-corrected chi connectivity index (χ2v) is 3.64. The number of carbonyl (C=O) groups is 1. The highest BCUT2D eigenvalue weighted by molar-refractivity contribution is 14.1. The molecule has 0 aromatic heterocycles. The average molecular weight is 280 g/mol. The van der Waals surface area contributed by atoms with E-state index < -0.39 is 0 Å². The molecule has 3 heteroatoms. The van der Waals surface area contributed by atoms with E-state index in [1.165, 1.54) is 6.92 Å². The van der Waals surface area contributed by atoms with Crippen molar-refractivity contribution in [2.75, 3.05) is 0 Å². The fraction of sp³-hybridized carbons (Fsp3) is 0.125. The van der Waals surface area contributed by atoms with Crippen molar-refractivity contribution in [2.45, 2.75) is 6.92 Å². The van der Waals surface area contributed by atoms with Gasteiger partial charge in [-0.15, -0.1) is 0 Å². The summed E-state index contributed by atoms with van der Waals surface area (Å²) in [6, 6.07) is 5.33. The highest BCUT2D eigenvalue weighted by atomic mass is 127. The maximum Gasteiger partial charge on any atom is 0.160 e. The number of hydrogen-bond donors (Lipinski definition) is 0. The first-order chi connectivity index (χ1) is 5.13. The van der Waals surface area contributed by atoms with E-state index in [0.29, 0.717) is 10.6 Å². The van der Waals surface area contributed by atoms with Crippen LogP contribution in [0.4, 0.5) is 0 Å². The van der Waals surface area contributed by atoms with Crippen molar-refractivity contribution in [1.29, 1.82) is 0 Å². The first-order valence-electron chi connectivity index (χ1n) is 3.08. The van der Waals surface area contributed by atoms with Crippen LogP contribution in [0.25, 0.3) is 0 Å². The maximum absolute atomic E-state index is 11.0. The summed E-state index contributed by atoms with van der Waals surface area (Å²) in [5.74, 6) is 0.0527. The van der Waals surface area contributed by atoms with E-state index in [1.54, 1.807) is 18.2 Å². The van der Waals surface area contributed by atoms with E-state index in [2.05, 4.69) is 22.6 Å². The third kappa shape index (κ3) is 1.93. The van der Waals surface area contributed by atoms with Crippen LogP contribution in [0.1, 0.15) is 17.3 Å². The van der Waals surface area contributed by atoms with Gasteiger partial charge < -0.3 is 0 Å². The van der Waals surface area contributed by atoms with Crippen molar-refractivity contribution >= 4 is 40.0 Å².